The van der Waals surface area contributed by atoms with Crippen LogP contribution in [0.4, 0.5) is 11.4 Å². The van der Waals surface area contributed by atoms with Crippen molar-refractivity contribution in [3.8, 4) is 0 Å². The van der Waals surface area contributed by atoms with Crippen LogP contribution in [0.5, 0.6) is 0 Å². The third-order valence-electron chi connectivity index (χ3n) is 2.94. The van der Waals surface area contributed by atoms with Gasteiger partial charge in [-0.2, -0.15) is 0 Å². The van der Waals surface area contributed by atoms with Crippen molar-refractivity contribution >= 4 is 11.4 Å². The summed E-state index contributed by atoms with van der Waals surface area (Å²) in [7, 11) is 1.85. The Balaban J connectivity index is 3.07. The van der Waals surface area contributed by atoms with E-state index in [1.807, 2.05) is 11.9 Å². The maximum atomic E-state index is 11.1. The molecular formula is C13H20N2O3. The van der Waals surface area contributed by atoms with E-state index in [9.17, 15) is 15.2 Å². The van der Waals surface area contributed by atoms with Gasteiger partial charge >= 0.3 is 0 Å². The zero-order valence-corrected chi connectivity index (χ0v) is 11.1. The third kappa shape index (κ3) is 3.43. The minimum absolute atomic E-state index is 0.0482. The molecule has 0 aliphatic carbocycles. The van der Waals surface area contributed by atoms with Gasteiger partial charge in [-0.05, 0) is 25.0 Å². The van der Waals surface area contributed by atoms with Crippen LogP contribution in [0, 0.1) is 10.1 Å². The molecular weight excluding hydrogens is 232 g/mol. The molecule has 5 nitrogen and oxygen atoms in total. The lowest BCUT2D eigenvalue weighted by Crippen LogP contribution is -2.19. The topological polar surface area (TPSA) is 66.6 Å². The molecule has 0 aliphatic rings. The molecule has 0 spiro atoms. The van der Waals surface area contributed by atoms with Gasteiger partial charge in [0.1, 0.15) is 5.69 Å². The highest BCUT2D eigenvalue weighted by molar-refractivity contribution is 5.64. The maximum Gasteiger partial charge on any atom is 0.292 e. The molecule has 0 saturated carbocycles. The first-order chi connectivity index (χ1) is 8.47. The highest BCUT2D eigenvalue weighted by Crippen LogP contribution is 2.30. The first-order valence-corrected chi connectivity index (χ1v) is 6.15. The van der Waals surface area contributed by atoms with Crippen molar-refractivity contribution in [2.45, 2.75) is 32.8 Å². The number of nitrogens with zero attached hydrogens (tertiary/aromatic N) is 2. The highest BCUT2D eigenvalue weighted by atomic mass is 16.6. The number of unbranched alkanes of at least 4 members (excludes halogenated alkanes) is 1. The van der Waals surface area contributed by atoms with Crippen LogP contribution in [0.25, 0.3) is 0 Å². The molecule has 0 heterocycles. The Morgan fingerprint density at radius 2 is 2.17 bits per heavy atom. The van der Waals surface area contributed by atoms with Crippen molar-refractivity contribution in [3.63, 3.8) is 0 Å². The average molecular weight is 252 g/mol. The number of aliphatic hydroxyl groups excluding tert-OH is 1. The van der Waals surface area contributed by atoms with Gasteiger partial charge in [0.25, 0.3) is 5.69 Å². The van der Waals surface area contributed by atoms with Gasteiger partial charge in [0.15, 0.2) is 0 Å². The number of hydrogen-bond donors (Lipinski definition) is 1. The van der Waals surface area contributed by atoms with E-state index >= 15 is 0 Å². The number of nitro groups is 1. The van der Waals surface area contributed by atoms with Gasteiger partial charge in [-0.1, -0.05) is 19.4 Å². The van der Waals surface area contributed by atoms with Crippen LogP contribution in [0.15, 0.2) is 18.2 Å². The summed E-state index contributed by atoms with van der Waals surface area (Å²) in [5.41, 5.74) is 1.21. The largest absolute Gasteiger partial charge is 0.389 e. The predicted molar refractivity (Wildman–Crippen MR) is 71.9 cm³/mol. The molecule has 0 aliphatic heterocycles. The lowest BCUT2D eigenvalue weighted by Gasteiger charge is -2.19. The summed E-state index contributed by atoms with van der Waals surface area (Å²) in [6.07, 6.45) is 1.34. The second-order valence-corrected chi connectivity index (χ2v) is 4.46. The van der Waals surface area contributed by atoms with Gasteiger partial charge in [-0.25, -0.2) is 0 Å². The summed E-state index contributed by atoms with van der Waals surface area (Å²) in [5.74, 6) is 0. The number of nitro benzene ring substituents is 1. The molecule has 0 amide bonds. The Labute approximate surface area is 107 Å². The van der Waals surface area contributed by atoms with Crippen LogP contribution in [0.2, 0.25) is 0 Å². The maximum absolute atomic E-state index is 11.1. The number of hydrogen-bond acceptors (Lipinski definition) is 4. The Kier molecular flexibility index (Phi) is 5.09. The van der Waals surface area contributed by atoms with E-state index in [0.717, 1.165) is 19.4 Å². The first kappa shape index (κ1) is 14.4. The molecule has 1 N–H and O–H groups in total. The van der Waals surface area contributed by atoms with Crippen molar-refractivity contribution in [2.24, 2.45) is 0 Å². The van der Waals surface area contributed by atoms with Gasteiger partial charge in [0, 0.05) is 19.7 Å². The molecule has 1 aromatic rings. The average Bonchev–Trinajstić information content (AvgIpc) is 2.34. The van der Waals surface area contributed by atoms with Crippen molar-refractivity contribution < 1.29 is 10.0 Å². The third-order valence-corrected chi connectivity index (χ3v) is 2.94. The second kappa shape index (κ2) is 6.35. The SMILES string of the molecule is CCCCN(C)c1ccc([C@H](C)O)cc1[N+](=O)[O-]. The Hall–Kier alpha value is -1.62. The van der Waals surface area contributed by atoms with E-state index < -0.39 is 11.0 Å². The minimum atomic E-state index is -0.696. The molecule has 18 heavy (non-hydrogen) atoms. The molecule has 0 fully saturated rings. The van der Waals surface area contributed by atoms with Gasteiger partial charge < -0.3 is 10.0 Å². The van der Waals surface area contributed by atoms with Crippen molar-refractivity contribution in [2.75, 3.05) is 18.5 Å². The number of rotatable bonds is 6. The molecule has 0 saturated heterocycles. The molecule has 0 bridgehead atoms. The summed E-state index contributed by atoms with van der Waals surface area (Å²) < 4.78 is 0. The summed E-state index contributed by atoms with van der Waals surface area (Å²) in [6.45, 7) is 4.46. The molecule has 1 rings (SSSR count). The predicted octanol–water partition coefficient (Wildman–Crippen LogP) is 2.88. The summed E-state index contributed by atoms with van der Waals surface area (Å²) in [6, 6.07) is 4.88. The Bertz CT molecular complexity index is 419. The highest BCUT2D eigenvalue weighted by Gasteiger charge is 2.18. The summed E-state index contributed by atoms with van der Waals surface area (Å²) in [4.78, 5) is 12.6. The fourth-order valence-corrected chi connectivity index (χ4v) is 1.79. The van der Waals surface area contributed by atoms with Crippen LogP contribution in [0.1, 0.15) is 38.4 Å². The molecule has 1 aromatic carbocycles. The van der Waals surface area contributed by atoms with Crippen molar-refractivity contribution in [1.82, 2.24) is 0 Å². The molecule has 5 heteroatoms. The van der Waals surface area contributed by atoms with Crippen LogP contribution >= 0.6 is 0 Å². The van der Waals surface area contributed by atoms with E-state index in [4.69, 9.17) is 0 Å². The summed E-state index contributed by atoms with van der Waals surface area (Å²) >= 11 is 0. The van der Waals surface area contributed by atoms with Gasteiger partial charge in [0.2, 0.25) is 0 Å². The van der Waals surface area contributed by atoms with E-state index in [-0.39, 0.29) is 5.69 Å². The van der Waals surface area contributed by atoms with Crippen LogP contribution in [0.3, 0.4) is 0 Å². The molecule has 0 radical (unpaired) electrons. The lowest BCUT2D eigenvalue weighted by atomic mass is 10.1. The smallest absolute Gasteiger partial charge is 0.292 e. The zero-order valence-electron chi connectivity index (χ0n) is 11.1. The quantitative estimate of drug-likeness (QED) is 0.624. The van der Waals surface area contributed by atoms with Gasteiger partial charge in [-0.15, -0.1) is 0 Å². The van der Waals surface area contributed by atoms with Crippen molar-refractivity contribution in [1.29, 1.82) is 0 Å². The van der Waals surface area contributed by atoms with E-state index in [0.29, 0.717) is 11.3 Å². The van der Waals surface area contributed by atoms with Crippen molar-refractivity contribution in [3.05, 3.63) is 33.9 Å². The number of aliphatic hydroxyl groups is 1. The summed E-state index contributed by atoms with van der Waals surface area (Å²) in [5, 5.41) is 20.5. The lowest BCUT2D eigenvalue weighted by molar-refractivity contribution is -0.384. The monoisotopic (exact) mass is 252 g/mol. The Morgan fingerprint density at radius 1 is 1.50 bits per heavy atom. The fraction of sp³-hybridized carbons (Fsp3) is 0.538. The second-order valence-electron chi connectivity index (χ2n) is 4.46. The van der Waals surface area contributed by atoms with E-state index in [1.54, 1.807) is 19.1 Å². The zero-order chi connectivity index (χ0) is 13.7. The van der Waals surface area contributed by atoms with Crippen LogP contribution in [-0.4, -0.2) is 23.6 Å². The fourth-order valence-electron chi connectivity index (χ4n) is 1.79. The standard InChI is InChI=1S/C13H20N2O3/c1-4-5-8-14(3)12-7-6-11(10(2)16)9-13(12)15(17)18/h6-7,9-10,16H,4-5,8H2,1-3H3/t10-/m0/s1. The number of anilines is 1. The molecule has 100 valence electrons. The van der Waals surface area contributed by atoms with Crippen LogP contribution in [-0.2, 0) is 0 Å². The minimum Gasteiger partial charge on any atom is -0.389 e. The van der Waals surface area contributed by atoms with Crippen LogP contribution < -0.4 is 4.90 Å². The number of benzene rings is 1. The normalized spacial score (nSPS) is 12.2. The molecule has 0 unspecified atom stereocenters. The van der Waals surface area contributed by atoms with Gasteiger partial charge in [0.05, 0.1) is 11.0 Å². The first-order valence-electron chi connectivity index (χ1n) is 6.15. The molecule has 1 atom stereocenters. The van der Waals surface area contributed by atoms with E-state index in [2.05, 4.69) is 6.92 Å². The molecule has 0 aromatic heterocycles. The Morgan fingerprint density at radius 3 is 2.67 bits per heavy atom. The van der Waals surface area contributed by atoms with Gasteiger partial charge in [-0.3, -0.25) is 10.1 Å². The van der Waals surface area contributed by atoms with E-state index in [1.165, 1.54) is 6.07 Å².